The van der Waals surface area contributed by atoms with E-state index >= 15 is 0 Å². The average Bonchev–Trinajstić information content (AvgIpc) is 3.46. The summed E-state index contributed by atoms with van der Waals surface area (Å²) in [7, 11) is 1.34. The van der Waals surface area contributed by atoms with Gasteiger partial charge in [0.05, 0.1) is 29.5 Å². The zero-order valence-electron chi connectivity index (χ0n) is 23.0. The molecule has 3 aromatic rings. The van der Waals surface area contributed by atoms with E-state index in [9.17, 15) is 26.7 Å². The quantitative estimate of drug-likeness (QED) is 0.230. The summed E-state index contributed by atoms with van der Waals surface area (Å²) in [5.41, 5.74) is -0.925. The van der Waals surface area contributed by atoms with Gasteiger partial charge >= 0.3 is 18.4 Å². The molecule has 9 nitrogen and oxygen atoms in total. The number of benzene rings is 1. The van der Waals surface area contributed by atoms with Crippen molar-refractivity contribution in [1.29, 1.82) is 0 Å². The zero-order chi connectivity index (χ0) is 30.4. The number of alkyl halides is 5. The molecule has 1 aromatic carbocycles. The molecular formula is C29H26F5N3O6. The van der Waals surface area contributed by atoms with Crippen molar-refractivity contribution in [1.82, 2.24) is 14.8 Å². The molecule has 0 radical (unpaired) electrons. The van der Waals surface area contributed by atoms with Crippen molar-refractivity contribution < 1.29 is 50.4 Å². The van der Waals surface area contributed by atoms with Gasteiger partial charge in [-0.2, -0.15) is 18.3 Å². The fourth-order valence-corrected chi connectivity index (χ4v) is 6.80. The van der Waals surface area contributed by atoms with E-state index in [4.69, 9.17) is 14.2 Å². The second-order valence-corrected chi connectivity index (χ2v) is 11.6. The summed E-state index contributed by atoms with van der Waals surface area (Å²) in [5.74, 6) is -0.460. The lowest BCUT2D eigenvalue weighted by Gasteiger charge is -2.68. The number of methoxy groups -OCH3 is 1. The minimum absolute atomic E-state index is 0.0820. The first-order chi connectivity index (χ1) is 20.3. The Labute approximate surface area is 241 Å². The van der Waals surface area contributed by atoms with Gasteiger partial charge in [0.2, 0.25) is 5.88 Å². The summed E-state index contributed by atoms with van der Waals surface area (Å²) in [6, 6.07) is 7.22. The van der Waals surface area contributed by atoms with E-state index in [1.54, 1.807) is 6.92 Å². The van der Waals surface area contributed by atoms with Gasteiger partial charge in [0.1, 0.15) is 12.2 Å². The number of carbonyl (C=O) groups excluding carboxylic acids is 1. The average molecular weight is 608 g/mol. The molecule has 2 atom stereocenters. The molecular weight excluding hydrogens is 581 g/mol. The molecule has 43 heavy (non-hydrogen) atoms. The first kappa shape index (κ1) is 27.9. The second kappa shape index (κ2) is 9.28. The largest absolute Gasteiger partial charge is 0.586 e. The minimum Gasteiger partial charge on any atom is -0.470 e. The van der Waals surface area contributed by atoms with Crippen molar-refractivity contribution in [3.8, 4) is 23.1 Å². The molecule has 0 saturated heterocycles. The molecule has 2 bridgehead atoms. The van der Waals surface area contributed by atoms with Crippen LogP contribution in [0.2, 0.25) is 0 Å². The second-order valence-electron chi connectivity index (χ2n) is 11.6. The summed E-state index contributed by atoms with van der Waals surface area (Å²) >= 11 is 0. The molecule has 2 aromatic heterocycles. The molecule has 3 saturated carbocycles. The molecule has 0 N–H and O–H groups in total. The maximum Gasteiger partial charge on any atom is 0.586 e. The van der Waals surface area contributed by atoms with E-state index in [2.05, 4.69) is 19.6 Å². The fourth-order valence-electron chi connectivity index (χ4n) is 6.80. The molecule has 5 aliphatic rings. The first-order valence-electron chi connectivity index (χ1n) is 13.8. The van der Waals surface area contributed by atoms with E-state index in [1.165, 1.54) is 48.3 Å². The van der Waals surface area contributed by atoms with Crippen LogP contribution < -0.4 is 14.2 Å². The molecule has 3 heterocycles. The van der Waals surface area contributed by atoms with Crippen LogP contribution in [0.1, 0.15) is 73.8 Å². The molecule has 4 aliphatic carbocycles. The number of ether oxygens (including phenoxy) is 5. The lowest BCUT2D eigenvalue weighted by Crippen LogP contribution is -2.71. The fraction of sp³-hybridized carbons (Fsp3) is 0.483. The van der Waals surface area contributed by atoms with E-state index in [0.29, 0.717) is 43.4 Å². The Kier molecular flexibility index (Phi) is 6.01. The Balaban J connectivity index is 1.17. The molecule has 1 aliphatic heterocycles. The van der Waals surface area contributed by atoms with Crippen molar-refractivity contribution in [2.75, 3.05) is 7.11 Å². The lowest BCUT2D eigenvalue weighted by molar-refractivity contribution is -0.301. The third-order valence-corrected chi connectivity index (χ3v) is 8.64. The Hall–Kier alpha value is -3.94. The molecule has 1 unspecified atom stereocenters. The number of fused-ring (bicyclic) bond motifs is 2. The van der Waals surface area contributed by atoms with Crippen LogP contribution in [-0.2, 0) is 26.9 Å². The van der Waals surface area contributed by atoms with Crippen molar-refractivity contribution >= 4 is 5.97 Å². The number of hydrogen-bond donors (Lipinski definition) is 0. The standard InChI is InChI=1S/C29H26F5N3O6/c1-15(16-6-7-19-21(10-16)43-29(33,34)42-19)40-22-11-17(8-9-35-22)37-23-18(24(36-37)28(30,31)32)4-3-5-20(23)41-27-12-26(13-27,14-27)25(38)39-2/h6-11,15,20H,3-5,12-14H2,1-2H3/t15-,20?,26?,27?/m0/s1. The summed E-state index contributed by atoms with van der Waals surface area (Å²) < 4.78 is 96.8. The Morgan fingerprint density at radius 1 is 1.12 bits per heavy atom. The van der Waals surface area contributed by atoms with Gasteiger partial charge in [-0.25, -0.2) is 9.67 Å². The van der Waals surface area contributed by atoms with Crippen LogP contribution in [0.15, 0.2) is 36.5 Å². The third-order valence-electron chi connectivity index (χ3n) is 8.64. The number of pyridine rings is 1. The molecule has 8 rings (SSSR count). The Bertz CT molecular complexity index is 1600. The highest BCUT2D eigenvalue weighted by Crippen LogP contribution is 2.70. The van der Waals surface area contributed by atoms with Crippen molar-refractivity contribution in [2.24, 2.45) is 5.41 Å². The van der Waals surface area contributed by atoms with Crippen molar-refractivity contribution in [3.05, 3.63) is 59.0 Å². The number of aromatic nitrogens is 3. The van der Waals surface area contributed by atoms with Gasteiger partial charge in [-0.15, -0.1) is 8.78 Å². The van der Waals surface area contributed by atoms with Crippen LogP contribution >= 0.6 is 0 Å². The number of hydrogen-bond acceptors (Lipinski definition) is 8. The summed E-state index contributed by atoms with van der Waals surface area (Å²) in [4.78, 5) is 16.3. The van der Waals surface area contributed by atoms with Crippen molar-refractivity contribution in [3.63, 3.8) is 0 Å². The third kappa shape index (κ3) is 4.57. The van der Waals surface area contributed by atoms with Crippen LogP contribution in [0.5, 0.6) is 17.4 Å². The van der Waals surface area contributed by atoms with Gasteiger partial charge in [-0.1, -0.05) is 6.07 Å². The highest BCUT2D eigenvalue weighted by Gasteiger charge is 2.74. The summed E-state index contributed by atoms with van der Waals surface area (Å²) in [5, 5.41) is 4.01. The van der Waals surface area contributed by atoms with Crippen LogP contribution in [0.4, 0.5) is 22.0 Å². The van der Waals surface area contributed by atoms with Gasteiger partial charge in [-0.3, -0.25) is 4.79 Å². The van der Waals surface area contributed by atoms with Crippen LogP contribution in [-0.4, -0.2) is 39.7 Å². The Morgan fingerprint density at radius 2 is 1.86 bits per heavy atom. The molecule has 0 amide bonds. The van der Waals surface area contributed by atoms with E-state index in [-0.39, 0.29) is 41.0 Å². The number of nitrogens with zero attached hydrogens (tertiary/aromatic N) is 3. The minimum atomic E-state index is -4.68. The molecule has 228 valence electrons. The van der Waals surface area contributed by atoms with Gasteiger partial charge in [0, 0.05) is 17.8 Å². The monoisotopic (exact) mass is 607 g/mol. The molecule has 3 fully saturated rings. The molecule has 0 spiro atoms. The smallest absolute Gasteiger partial charge is 0.470 e. The number of rotatable bonds is 7. The van der Waals surface area contributed by atoms with Crippen LogP contribution in [0, 0.1) is 5.41 Å². The van der Waals surface area contributed by atoms with Crippen molar-refractivity contribution in [2.45, 2.75) is 75.7 Å². The maximum atomic E-state index is 14.1. The van der Waals surface area contributed by atoms with E-state index in [0.717, 1.165) is 0 Å². The number of carbonyl (C=O) groups is 1. The van der Waals surface area contributed by atoms with Gasteiger partial charge in [0.25, 0.3) is 0 Å². The summed E-state index contributed by atoms with van der Waals surface area (Å²) in [6.45, 7) is 1.66. The van der Waals surface area contributed by atoms with E-state index in [1.807, 2.05) is 0 Å². The van der Waals surface area contributed by atoms with Gasteiger partial charge < -0.3 is 23.7 Å². The predicted molar refractivity (Wildman–Crippen MR) is 136 cm³/mol. The topological polar surface area (TPSA) is 93.9 Å². The lowest BCUT2D eigenvalue weighted by atomic mass is 9.41. The number of esters is 1. The SMILES string of the molecule is COC(=O)C12CC(OC3CCCc4c(C(F)(F)F)nn(-c5ccnc(O[C@@H](C)c6ccc7c(c6)OC(F)(F)O7)c5)c43)(C1)C2. The first-order valence-corrected chi connectivity index (χ1v) is 13.8. The number of halogens is 5. The predicted octanol–water partition coefficient (Wildman–Crippen LogP) is 6.24. The van der Waals surface area contributed by atoms with E-state index < -0.39 is 41.4 Å². The highest BCUT2D eigenvalue weighted by molar-refractivity contribution is 5.81. The highest BCUT2D eigenvalue weighted by atomic mass is 19.4. The molecule has 14 heteroatoms. The van der Waals surface area contributed by atoms with Gasteiger partial charge in [-0.05, 0) is 69.2 Å². The normalized spacial score (nSPS) is 27.0. The van der Waals surface area contributed by atoms with Crippen LogP contribution in [0.25, 0.3) is 5.69 Å². The Morgan fingerprint density at radius 3 is 2.58 bits per heavy atom. The van der Waals surface area contributed by atoms with Gasteiger partial charge in [0.15, 0.2) is 17.2 Å². The summed E-state index contributed by atoms with van der Waals surface area (Å²) in [6.07, 6.45) is -5.80. The zero-order valence-corrected chi connectivity index (χ0v) is 23.0. The van der Waals surface area contributed by atoms with Crippen LogP contribution in [0.3, 0.4) is 0 Å². The maximum absolute atomic E-state index is 14.1.